The van der Waals surface area contributed by atoms with Crippen molar-refractivity contribution in [3.63, 3.8) is 0 Å². The maximum absolute atomic E-state index is 12.7. The second-order valence-electron chi connectivity index (χ2n) is 7.48. The van der Waals surface area contributed by atoms with Crippen molar-refractivity contribution in [3.8, 4) is 17.2 Å². The van der Waals surface area contributed by atoms with Crippen LogP contribution in [0.5, 0.6) is 17.2 Å². The van der Waals surface area contributed by atoms with Crippen LogP contribution in [-0.4, -0.2) is 44.8 Å². The van der Waals surface area contributed by atoms with Crippen LogP contribution in [0.1, 0.15) is 31.8 Å². The Hall–Kier alpha value is -4.18. The molecule has 0 unspecified atom stereocenters. The van der Waals surface area contributed by atoms with Crippen molar-refractivity contribution in [2.45, 2.75) is 6.92 Å². The monoisotopic (exact) mass is 553 g/mol. The van der Waals surface area contributed by atoms with E-state index in [0.29, 0.717) is 27.1 Å². The molecule has 3 aromatic rings. The molecule has 3 rings (SSSR count). The summed E-state index contributed by atoms with van der Waals surface area (Å²) in [6.45, 7) is 1.66. The second kappa shape index (κ2) is 12.5. The van der Waals surface area contributed by atoms with Gasteiger partial charge in [0.1, 0.15) is 5.75 Å². The van der Waals surface area contributed by atoms with Crippen molar-refractivity contribution in [1.29, 1.82) is 0 Å². The minimum Gasteiger partial charge on any atom is -0.493 e. The molecule has 0 aliphatic heterocycles. The second-order valence-corrected chi connectivity index (χ2v) is 8.40. The van der Waals surface area contributed by atoms with Crippen LogP contribution < -0.4 is 25.0 Å². The Bertz CT molecular complexity index is 1290. The molecule has 0 atom stereocenters. The van der Waals surface area contributed by atoms with E-state index in [-0.39, 0.29) is 23.8 Å². The Labute approximate surface area is 216 Å². The van der Waals surface area contributed by atoms with E-state index >= 15 is 0 Å². The number of carbonyl (C=O) groups excluding carboxylic acids is 3. The lowest BCUT2D eigenvalue weighted by Crippen LogP contribution is -2.34. The van der Waals surface area contributed by atoms with Gasteiger partial charge in [-0.15, -0.1) is 0 Å². The lowest BCUT2D eigenvalue weighted by Gasteiger charge is -2.11. The fraction of sp³-hybridized carbons (Fsp3) is 0.154. The van der Waals surface area contributed by atoms with Crippen LogP contribution in [0.2, 0.25) is 0 Å². The van der Waals surface area contributed by atoms with E-state index in [0.717, 1.165) is 5.56 Å². The van der Waals surface area contributed by atoms with Gasteiger partial charge in [0, 0.05) is 15.6 Å². The van der Waals surface area contributed by atoms with E-state index < -0.39 is 11.9 Å². The zero-order valence-electron chi connectivity index (χ0n) is 19.8. The topological polar surface area (TPSA) is 115 Å². The average molecular weight is 554 g/mol. The summed E-state index contributed by atoms with van der Waals surface area (Å²) in [6, 6.07) is 16.6. The maximum Gasteiger partial charge on any atom is 0.343 e. The molecule has 0 saturated carbocycles. The van der Waals surface area contributed by atoms with Gasteiger partial charge in [-0.1, -0.05) is 33.6 Å². The number of nitrogens with zero attached hydrogens (tertiary/aromatic N) is 1. The number of benzene rings is 3. The van der Waals surface area contributed by atoms with E-state index in [1.807, 2.05) is 19.1 Å². The third kappa shape index (κ3) is 7.16. The first kappa shape index (κ1) is 26.4. The van der Waals surface area contributed by atoms with Gasteiger partial charge in [0.2, 0.25) is 0 Å². The zero-order chi connectivity index (χ0) is 26.1. The third-order valence-electron chi connectivity index (χ3n) is 4.91. The van der Waals surface area contributed by atoms with E-state index in [1.54, 1.807) is 42.5 Å². The number of esters is 1. The first-order chi connectivity index (χ1) is 17.3. The standard InChI is InChI=1S/C26H24BrN3O6/c1-16-4-6-17(7-5-16)25(32)28-15-24(31)30-29-14-19-12-20(27)9-11-21(19)36-26(33)18-8-10-22(34-2)23(13-18)35-3/h4-14H,15H2,1-3H3,(H,28,32)(H,30,31). The van der Waals surface area contributed by atoms with Crippen LogP contribution in [-0.2, 0) is 4.79 Å². The number of nitrogens with one attached hydrogen (secondary N) is 2. The Morgan fingerprint density at radius 3 is 2.25 bits per heavy atom. The van der Waals surface area contributed by atoms with Gasteiger partial charge in [0.15, 0.2) is 11.5 Å². The average Bonchev–Trinajstić information content (AvgIpc) is 2.88. The molecule has 0 heterocycles. The lowest BCUT2D eigenvalue weighted by molar-refractivity contribution is -0.120. The SMILES string of the molecule is COc1ccc(C(=O)Oc2ccc(Br)cc2C=NNC(=O)CNC(=O)c2ccc(C)cc2)cc1OC. The van der Waals surface area contributed by atoms with E-state index in [4.69, 9.17) is 14.2 Å². The van der Waals surface area contributed by atoms with Crippen molar-refractivity contribution in [2.24, 2.45) is 5.10 Å². The van der Waals surface area contributed by atoms with Crippen LogP contribution in [0.4, 0.5) is 0 Å². The molecule has 2 amide bonds. The molecule has 9 nitrogen and oxygen atoms in total. The van der Waals surface area contributed by atoms with Crippen LogP contribution in [0.15, 0.2) is 70.2 Å². The molecular formula is C26H24BrN3O6. The number of hydrogen-bond acceptors (Lipinski definition) is 7. The summed E-state index contributed by atoms with van der Waals surface area (Å²) >= 11 is 3.36. The molecule has 36 heavy (non-hydrogen) atoms. The summed E-state index contributed by atoms with van der Waals surface area (Å²) in [7, 11) is 2.97. The summed E-state index contributed by atoms with van der Waals surface area (Å²) in [5.41, 5.74) is 4.51. The first-order valence-corrected chi connectivity index (χ1v) is 11.5. The van der Waals surface area contributed by atoms with Gasteiger partial charge in [-0.25, -0.2) is 10.2 Å². The van der Waals surface area contributed by atoms with Crippen LogP contribution in [0.3, 0.4) is 0 Å². The van der Waals surface area contributed by atoms with Crippen molar-refractivity contribution in [3.05, 3.63) is 87.4 Å². The van der Waals surface area contributed by atoms with Crippen LogP contribution in [0, 0.1) is 6.92 Å². The van der Waals surface area contributed by atoms with Crippen molar-refractivity contribution in [1.82, 2.24) is 10.7 Å². The van der Waals surface area contributed by atoms with Crippen molar-refractivity contribution < 1.29 is 28.6 Å². The maximum atomic E-state index is 12.7. The van der Waals surface area contributed by atoms with Crippen molar-refractivity contribution in [2.75, 3.05) is 20.8 Å². The minimum absolute atomic E-state index is 0.226. The highest BCUT2D eigenvalue weighted by Crippen LogP contribution is 2.29. The Morgan fingerprint density at radius 1 is 0.889 bits per heavy atom. The normalized spacial score (nSPS) is 10.6. The highest BCUT2D eigenvalue weighted by atomic mass is 79.9. The molecule has 0 fully saturated rings. The third-order valence-corrected chi connectivity index (χ3v) is 5.40. The number of hydrazone groups is 1. The van der Waals surface area contributed by atoms with Crippen molar-refractivity contribution >= 4 is 39.9 Å². The summed E-state index contributed by atoms with van der Waals surface area (Å²) < 4.78 is 16.7. The number of ether oxygens (including phenoxy) is 3. The van der Waals surface area contributed by atoms with Gasteiger partial charge in [0.05, 0.1) is 32.5 Å². The summed E-state index contributed by atoms with van der Waals surface area (Å²) in [4.78, 5) is 36.9. The number of amides is 2. The summed E-state index contributed by atoms with van der Waals surface area (Å²) in [5.74, 6) is -0.409. The van der Waals surface area contributed by atoms with Gasteiger partial charge in [0.25, 0.3) is 11.8 Å². The number of carbonyl (C=O) groups is 3. The number of halogens is 1. The molecule has 2 N–H and O–H groups in total. The van der Waals surface area contributed by atoms with Gasteiger partial charge in [-0.3, -0.25) is 9.59 Å². The highest BCUT2D eigenvalue weighted by Gasteiger charge is 2.15. The van der Waals surface area contributed by atoms with E-state index in [2.05, 4.69) is 31.8 Å². The zero-order valence-corrected chi connectivity index (χ0v) is 21.4. The molecule has 0 bridgehead atoms. The minimum atomic E-state index is -0.615. The number of hydrogen-bond donors (Lipinski definition) is 2. The summed E-state index contributed by atoms with van der Waals surface area (Å²) in [6.07, 6.45) is 1.33. The molecule has 0 aliphatic carbocycles. The first-order valence-electron chi connectivity index (χ1n) is 10.7. The Morgan fingerprint density at radius 2 is 1.56 bits per heavy atom. The molecule has 10 heteroatoms. The van der Waals surface area contributed by atoms with E-state index in [1.165, 1.54) is 26.5 Å². The molecular weight excluding hydrogens is 530 g/mol. The van der Waals surface area contributed by atoms with Gasteiger partial charge < -0.3 is 19.5 Å². The molecule has 0 aromatic heterocycles. The van der Waals surface area contributed by atoms with Gasteiger partial charge >= 0.3 is 5.97 Å². The molecule has 0 aliphatic rings. The molecule has 186 valence electrons. The fourth-order valence-corrected chi connectivity index (χ4v) is 3.39. The predicted octanol–water partition coefficient (Wildman–Crippen LogP) is 3.87. The van der Waals surface area contributed by atoms with Crippen LogP contribution in [0.25, 0.3) is 0 Å². The Balaban J connectivity index is 1.62. The van der Waals surface area contributed by atoms with E-state index in [9.17, 15) is 14.4 Å². The number of methoxy groups -OCH3 is 2. The fourth-order valence-electron chi connectivity index (χ4n) is 3.02. The smallest absolute Gasteiger partial charge is 0.343 e. The quantitative estimate of drug-likeness (QED) is 0.180. The Kier molecular flexibility index (Phi) is 9.18. The largest absolute Gasteiger partial charge is 0.493 e. The van der Waals surface area contributed by atoms with Gasteiger partial charge in [-0.2, -0.15) is 5.10 Å². The molecule has 3 aromatic carbocycles. The number of rotatable bonds is 9. The molecule has 0 spiro atoms. The van der Waals surface area contributed by atoms with Gasteiger partial charge in [-0.05, 0) is 55.5 Å². The predicted molar refractivity (Wildman–Crippen MR) is 138 cm³/mol. The summed E-state index contributed by atoms with van der Waals surface area (Å²) in [5, 5.41) is 6.44. The molecule has 0 saturated heterocycles. The number of aryl methyl sites for hydroxylation is 1. The van der Waals surface area contributed by atoms with Crippen LogP contribution >= 0.6 is 15.9 Å². The lowest BCUT2D eigenvalue weighted by atomic mass is 10.1. The molecule has 0 radical (unpaired) electrons. The highest BCUT2D eigenvalue weighted by molar-refractivity contribution is 9.10.